The summed E-state index contributed by atoms with van der Waals surface area (Å²) in [7, 11) is 0. The van der Waals surface area contributed by atoms with Gasteiger partial charge >= 0.3 is 6.18 Å². The van der Waals surface area contributed by atoms with Crippen molar-refractivity contribution in [3.63, 3.8) is 0 Å². The zero-order valence-corrected chi connectivity index (χ0v) is 10.2. The molecule has 2 aromatic rings. The molecule has 0 amide bonds. The minimum absolute atomic E-state index is 0.00778. The highest BCUT2D eigenvalue weighted by Crippen LogP contribution is 2.34. The number of nitrogen functional groups attached to an aromatic ring is 1. The molecule has 0 saturated heterocycles. The summed E-state index contributed by atoms with van der Waals surface area (Å²) in [6.07, 6.45) is -6.05. The summed E-state index contributed by atoms with van der Waals surface area (Å²) >= 11 is 0. The number of alkyl halides is 3. The van der Waals surface area contributed by atoms with Gasteiger partial charge in [-0.1, -0.05) is 24.3 Å². The minimum atomic E-state index is -4.76. The number of hydrogen-bond donors (Lipinski definition) is 2. The van der Waals surface area contributed by atoms with Gasteiger partial charge in [-0.2, -0.15) is 13.2 Å². The van der Waals surface area contributed by atoms with Crippen LogP contribution in [0, 0.1) is 5.82 Å². The van der Waals surface area contributed by atoms with Crippen LogP contribution in [-0.2, 0) is 6.18 Å². The second-order valence-electron chi connectivity index (χ2n) is 4.27. The number of para-hydroxylation sites is 1. The van der Waals surface area contributed by atoms with Gasteiger partial charge in [-0.25, -0.2) is 4.39 Å². The standard InChI is InChI=1S/C14H11F4NO/c15-11-7-8(5-6-10(11)14(16,17)18)13(20)9-3-1-2-4-12(9)19/h1-7,13,20H,19H2. The second-order valence-corrected chi connectivity index (χ2v) is 4.27. The Morgan fingerprint density at radius 2 is 1.70 bits per heavy atom. The molecule has 2 rings (SSSR count). The van der Waals surface area contributed by atoms with Gasteiger partial charge in [0.15, 0.2) is 0 Å². The van der Waals surface area contributed by atoms with Gasteiger partial charge in [-0.3, -0.25) is 0 Å². The Morgan fingerprint density at radius 3 is 2.25 bits per heavy atom. The predicted molar refractivity (Wildman–Crippen MR) is 66.3 cm³/mol. The van der Waals surface area contributed by atoms with E-state index in [1.54, 1.807) is 18.2 Å². The maximum Gasteiger partial charge on any atom is 0.419 e. The van der Waals surface area contributed by atoms with E-state index in [1.165, 1.54) is 6.07 Å². The van der Waals surface area contributed by atoms with Crippen LogP contribution in [0.5, 0.6) is 0 Å². The Balaban J connectivity index is 2.40. The van der Waals surface area contributed by atoms with Crippen molar-refractivity contribution in [1.82, 2.24) is 0 Å². The normalized spacial score (nSPS) is 13.2. The first-order chi connectivity index (χ1) is 9.30. The maximum atomic E-state index is 13.5. The molecular weight excluding hydrogens is 274 g/mol. The van der Waals surface area contributed by atoms with Crippen molar-refractivity contribution in [3.8, 4) is 0 Å². The van der Waals surface area contributed by atoms with Gasteiger partial charge in [0, 0.05) is 11.3 Å². The minimum Gasteiger partial charge on any atom is -0.398 e. The van der Waals surface area contributed by atoms with Gasteiger partial charge in [0.2, 0.25) is 0 Å². The van der Waals surface area contributed by atoms with Crippen LogP contribution in [0.3, 0.4) is 0 Å². The third-order valence-corrected chi connectivity index (χ3v) is 2.90. The molecule has 0 aromatic heterocycles. The van der Waals surface area contributed by atoms with E-state index in [2.05, 4.69) is 0 Å². The van der Waals surface area contributed by atoms with Crippen molar-refractivity contribution in [3.05, 3.63) is 65.0 Å². The molecule has 1 unspecified atom stereocenters. The van der Waals surface area contributed by atoms with Gasteiger partial charge in [0.1, 0.15) is 11.9 Å². The summed E-state index contributed by atoms with van der Waals surface area (Å²) in [5.74, 6) is -1.43. The van der Waals surface area contributed by atoms with Crippen LogP contribution in [-0.4, -0.2) is 5.11 Å². The predicted octanol–water partition coefficient (Wildman–Crippen LogP) is 3.51. The molecule has 0 aliphatic heterocycles. The first kappa shape index (κ1) is 14.3. The molecule has 2 aromatic carbocycles. The number of aliphatic hydroxyl groups is 1. The SMILES string of the molecule is Nc1ccccc1C(O)c1ccc(C(F)(F)F)c(F)c1. The van der Waals surface area contributed by atoms with Crippen LogP contribution in [0.25, 0.3) is 0 Å². The van der Waals surface area contributed by atoms with E-state index in [9.17, 15) is 22.7 Å². The summed E-state index contributed by atoms with van der Waals surface area (Å²) in [5, 5.41) is 10.1. The number of rotatable bonds is 2. The van der Waals surface area contributed by atoms with Crippen molar-refractivity contribution >= 4 is 5.69 Å². The van der Waals surface area contributed by atoms with Gasteiger partial charge in [0.05, 0.1) is 5.56 Å². The van der Waals surface area contributed by atoms with Gasteiger partial charge < -0.3 is 10.8 Å². The highest BCUT2D eigenvalue weighted by atomic mass is 19.4. The van der Waals surface area contributed by atoms with E-state index in [-0.39, 0.29) is 11.3 Å². The van der Waals surface area contributed by atoms with E-state index in [0.29, 0.717) is 17.7 Å². The van der Waals surface area contributed by atoms with Crippen LogP contribution in [0.15, 0.2) is 42.5 Å². The molecule has 2 nitrogen and oxygen atoms in total. The van der Waals surface area contributed by atoms with Gasteiger partial charge in [0.25, 0.3) is 0 Å². The van der Waals surface area contributed by atoms with Crippen LogP contribution in [0.4, 0.5) is 23.2 Å². The lowest BCUT2D eigenvalue weighted by atomic mass is 9.98. The highest BCUT2D eigenvalue weighted by Gasteiger charge is 2.34. The smallest absolute Gasteiger partial charge is 0.398 e. The number of aliphatic hydroxyl groups excluding tert-OH is 1. The monoisotopic (exact) mass is 285 g/mol. The molecule has 0 heterocycles. The number of hydrogen-bond acceptors (Lipinski definition) is 2. The molecule has 20 heavy (non-hydrogen) atoms. The third kappa shape index (κ3) is 2.75. The summed E-state index contributed by atoms with van der Waals surface area (Å²) in [6, 6.07) is 8.64. The molecule has 106 valence electrons. The van der Waals surface area contributed by atoms with E-state index < -0.39 is 23.7 Å². The molecule has 0 spiro atoms. The van der Waals surface area contributed by atoms with Crippen LogP contribution < -0.4 is 5.73 Å². The first-order valence-electron chi connectivity index (χ1n) is 5.70. The summed E-state index contributed by atoms with van der Waals surface area (Å²) < 4.78 is 50.8. The van der Waals surface area contributed by atoms with Crippen LogP contribution in [0.2, 0.25) is 0 Å². The molecule has 0 aliphatic carbocycles. The Bertz CT molecular complexity index is 625. The number of nitrogens with two attached hydrogens (primary N) is 1. The fourth-order valence-corrected chi connectivity index (χ4v) is 1.87. The van der Waals surface area contributed by atoms with E-state index in [4.69, 9.17) is 5.73 Å². The lowest BCUT2D eigenvalue weighted by molar-refractivity contribution is -0.140. The molecule has 0 saturated carbocycles. The number of anilines is 1. The Hall–Kier alpha value is -2.08. The van der Waals surface area contributed by atoms with Gasteiger partial charge in [-0.05, 0) is 23.8 Å². The largest absolute Gasteiger partial charge is 0.419 e. The topological polar surface area (TPSA) is 46.2 Å². The molecular formula is C14H11F4NO. The van der Waals surface area contributed by atoms with Crippen LogP contribution in [0.1, 0.15) is 22.8 Å². The fraction of sp³-hybridized carbons (Fsp3) is 0.143. The van der Waals surface area contributed by atoms with Crippen molar-refractivity contribution in [2.24, 2.45) is 0 Å². The average molecular weight is 285 g/mol. The Morgan fingerprint density at radius 1 is 1.05 bits per heavy atom. The average Bonchev–Trinajstić information content (AvgIpc) is 2.37. The van der Waals surface area contributed by atoms with Crippen molar-refractivity contribution < 1.29 is 22.7 Å². The number of halogens is 4. The quantitative estimate of drug-likeness (QED) is 0.655. The molecule has 6 heteroatoms. The Labute approximate surface area is 112 Å². The molecule has 0 radical (unpaired) electrons. The molecule has 0 bridgehead atoms. The van der Waals surface area contributed by atoms with E-state index >= 15 is 0 Å². The molecule has 1 atom stereocenters. The lowest BCUT2D eigenvalue weighted by Gasteiger charge is -2.15. The maximum absolute atomic E-state index is 13.5. The summed E-state index contributed by atoms with van der Waals surface area (Å²) in [4.78, 5) is 0. The van der Waals surface area contributed by atoms with E-state index in [1.807, 2.05) is 0 Å². The zero-order chi connectivity index (χ0) is 14.9. The lowest BCUT2D eigenvalue weighted by Crippen LogP contribution is -2.10. The summed E-state index contributed by atoms with van der Waals surface area (Å²) in [6.45, 7) is 0. The molecule has 3 N–H and O–H groups in total. The van der Waals surface area contributed by atoms with Crippen molar-refractivity contribution in [2.75, 3.05) is 5.73 Å². The van der Waals surface area contributed by atoms with Crippen molar-refractivity contribution in [1.29, 1.82) is 0 Å². The zero-order valence-electron chi connectivity index (χ0n) is 10.2. The number of benzene rings is 2. The van der Waals surface area contributed by atoms with Gasteiger partial charge in [-0.15, -0.1) is 0 Å². The first-order valence-corrected chi connectivity index (χ1v) is 5.70. The fourth-order valence-electron chi connectivity index (χ4n) is 1.87. The second kappa shape index (κ2) is 5.13. The van der Waals surface area contributed by atoms with Crippen LogP contribution >= 0.6 is 0 Å². The summed E-state index contributed by atoms with van der Waals surface area (Å²) in [5.41, 5.74) is 4.89. The van der Waals surface area contributed by atoms with E-state index in [0.717, 1.165) is 6.07 Å². The third-order valence-electron chi connectivity index (χ3n) is 2.90. The highest BCUT2D eigenvalue weighted by molar-refractivity contribution is 5.50. The van der Waals surface area contributed by atoms with Crippen molar-refractivity contribution in [2.45, 2.75) is 12.3 Å². The Kier molecular flexibility index (Phi) is 3.67. The molecule has 0 aliphatic rings. The molecule has 0 fully saturated rings.